The van der Waals surface area contributed by atoms with Crippen LogP contribution in [0.15, 0.2) is 0 Å². The molecule has 3 aliphatic heterocycles. The van der Waals surface area contributed by atoms with Crippen molar-refractivity contribution < 1.29 is 13.9 Å². The first-order valence-electron chi connectivity index (χ1n) is 6.46. The molecule has 3 nitrogen and oxygen atoms in total. The van der Waals surface area contributed by atoms with E-state index in [9.17, 15) is 13.9 Å². The van der Waals surface area contributed by atoms with E-state index in [1.807, 2.05) is 0 Å². The molecule has 2 atom stereocenters. The molecule has 0 spiro atoms. The zero-order valence-electron chi connectivity index (χ0n) is 9.96. The Morgan fingerprint density at radius 2 is 1.82 bits per heavy atom. The molecule has 0 aromatic carbocycles. The first-order valence-corrected chi connectivity index (χ1v) is 6.46. The molecule has 17 heavy (non-hydrogen) atoms. The highest BCUT2D eigenvalue weighted by molar-refractivity contribution is 5.16. The second kappa shape index (κ2) is 3.39. The summed E-state index contributed by atoms with van der Waals surface area (Å²) in [6, 6.07) is 0. The average Bonchev–Trinajstić information content (AvgIpc) is 2.56. The molecule has 3 N–H and O–H groups in total. The predicted molar refractivity (Wildman–Crippen MR) is 59.8 cm³/mol. The van der Waals surface area contributed by atoms with E-state index < -0.39 is 17.1 Å². The van der Waals surface area contributed by atoms with Crippen molar-refractivity contribution in [3.05, 3.63) is 0 Å². The average molecular weight is 246 g/mol. The number of rotatable bonds is 1. The summed E-state index contributed by atoms with van der Waals surface area (Å²) in [6.07, 6.45) is 1.47. The summed E-state index contributed by atoms with van der Waals surface area (Å²) < 4.78 is 26.8. The lowest BCUT2D eigenvalue weighted by molar-refractivity contribution is -0.160. The van der Waals surface area contributed by atoms with E-state index in [0.717, 1.165) is 25.9 Å². The maximum Gasteiger partial charge on any atom is 0.250 e. The fourth-order valence-electron chi connectivity index (χ4n) is 4.02. The number of piperidine rings is 3. The van der Waals surface area contributed by atoms with E-state index in [-0.39, 0.29) is 25.2 Å². The molecule has 98 valence electrons. The molecule has 3 saturated heterocycles. The van der Waals surface area contributed by atoms with Crippen molar-refractivity contribution in [3.8, 4) is 0 Å². The van der Waals surface area contributed by atoms with Crippen LogP contribution in [0.1, 0.15) is 32.1 Å². The molecule has 0 aromatic heterocycles. The van der Waals surface area contributed by atoms with Crippen LogP contribution in [0.25, 0.3) is 0 Å². The van der Waals surface area contributed by atoms with E-state index >= 15 is 0 Å². The summed E-state index contributed by atoms with van der Waals surface area (Å²) >= 11 is 0. The van der Waals surface area contributed by atoms with Gasteiger partial charge >= 0.3 is 0 Å². The number of aliphatic hydroxyl groups is 1. The summed E-state index contributed by atoms with van der Waals surface area (Å²) in [4.78, 5) is 2.16. The Morgan fingerprint density at radius 3 is 2.24 bits per heavy atom. The Kier molecular flexibility index (Phi) is 2.36. The van der Waals surface area contributed by atoms with Crippen molar-refractivity contribution in [2.75, 3.05) is 19.6 Å². The largest absolute Gasteiger partial charge is 0.386 e. The van der Waals surface area contributed by atoms with Crippen LogP contribution in [0.2, 0.25) is 0 Å². The SMILES string of the molecule is NC1(C2(O)CN3CCC2CC3)CCC(F)(F)C1. The molecular formula is C12H20F2N2O. The van der Waals surface area contributed by atoms with E-state index in [2.05, 4.69) is 4.90 Å². The minimum absolute atomic E-state index is 0.103. The molecule has 2 bridgehead atoms. The topological polar surface area (TPSA) is 49.5 Å². The summed E-state index contributed by atoms with van der Waals surface area (Å²) in [5.41, 5.74) is 3.97. The standard InChI is InChI=1S/C12H20F2N2O/c13-11(14)4-3-10(15,7-11)12(17)8-16-5-1-9(12)2-6-16/h9,17H,1-8,15H2. The van der Waals surface area contributed by atoms with Gasteiger partial charge < -0.3 is 15.7 Å². The van der Waals surface area contributed by atoms with Crippen LogP contribution in [0, 0.1) is 5.92 Å². The summed E-state index contributed by atoms with van der Waals surface area (Å²) in [6.45, 7) is 2.42. The maximum absolute atomic E-state index is 13.4. The fraction of sp³-hybridized carbons (Fsp3) is 1.00. The molecule has 5 heteroatoms. The minimum atomic E-state index is -2.70. The van der Waals surface area contributed by atoms with Gasteiger partial charge in [-0.2, -0.15) is 0 Å². The number of alkyl halides is 2. The normalized spacial score (nSPS) is 52.9. The zero-order valence-corrected chi connectivity index (χ0v) is 9.96. The van der Waals surface area contributed by atoms with Gasteiger partial charge in [0.2, 0.25) is 5.92 Å². The van der Waals surface area contributed by atoms with Crippen molar-refractivity contribution in [1.29, 1.82) is 0 Å². The van der Waals surface area contributed by atoms with Gasteiger partial charge in [0.1, 0.15) is 0 Å². The van der Waals surface area contributed by atoms with Crippen LogP contribution >= 0.6 is 0 Å². The molecule has 0 amide bonds. The van der Waals surface area contributed by atoms with Crippen LogP contribution in [0.3, 0.4) is 0 Å². The molecule has 1 aliphatic carbocycles. The molecule has 2 unspecified atom stereocenters. The Balaban J connectivity index is 1.88. The lowest BCUT2D eigenvalue weighted by Crippen LogP contribution is -2.72. The third-order valence-corrected chi connectivity index (χ3v) is 5.10. The third-order valence-electron chi connectivity index (χ3n) is 5.10. The molecule has 4 fully saturated rings. The molecule has 3 heterocycles. The zero-order chi connectivity index (χ0) is 12.3. The van der Waals surface area contributed by atoms with E-state index in [4.69, 9.17) is 5.73 Å². The van der Waals surface area contributed by atoms with E-state index in [0.29, 0.717) is 6.54 Å². The minimum Gasteiger partial charge on any atom is -0.386 e. The van der Waals surface area contributed by atoms with Gasteiger partial charge in [0, 0.05) is 19.4 Å². The highest BCUT2D eigenvalue weighted by Gasteiger charge is 2.62. The number of hydrogen-bond acceptors (Lipinski definition) is 3. The van der Waals surface area contributed by atoms with Crippen LogP contribution in [0.4, 0.5) is 8.78 Å². The highest BCUT2D eigenvalue weighted by Crippen LogP contribution is 2.51. The number of hydrogen-bond donors (Lipinski definition) is 2. The van der Waals surface area contributed by atoms with E-state index in [1.54, 1.807) is 0 Å². The van der Waals surface area contributed by atoms with Gasteiger partial charge in [-0.25, -0.2) is 8.78 Å². The number of halogens is 2. The number of nitrogens with zero attached hydrogens (tertiary/aromatic N) is 1. The fourth-order valence-corrected chi connectivity index (χ4v) is 4.02. The molecule has 0 radical (unpaired) electrons. The smallest absolute Gasteiger partial charge is 0.250 e. The van der Waals surface area contributed by atoms with Gasteiger partial charge in [-0.3, -0.25) is 0 Å². The molecule has 4 rings (SSSR count). The lowest BCUT2D eigenvalue weighted by atomic mass is 9.64. The van der Waals surface area contributed by atoms with Crippen LogP contribution in [-0.4, -0.2) is 46.7 Å². The van der Waals surface area contributed by atoms with Crippen LogP contribution in [-0.2, 0) is 0 Å². The summed E-state index contributed by atoms with van der Waals surface area (Å²) in [5.74, 6) is -2.59. The second-order valence-electron chi connectivity index (χ2n) is 6.16. The predicted octanol–water partition coefficient (Wildman–Crippen LogP) is 0.960. The van der Waals surface area contributed by atoms with Gasteiger partial charge in [-0.05, 0) is 38.3 Å². The van der Waals surface area contributed by atoms with Gasteiger partial charge in [0.15, 0.2) is 0 Å². The van der Waals surface area contributed by atoms with Crippen molar-refractivity contribution >= 4 is 0 Å². The molecule has 1 saturated carbocycles. The van der Waals surface area contributed by atoms with E-state index in [1.165, 1.54) is 0 Å². The summed E-state index contributed by atoms with van der Waals surface area (Å²) in [5, 5.41) is 10.9. The Bertz CT molecular complexity index is 330. The first-order chi connectivity index (χ1) is 7.85. The van der Waals surface area contributed by atoms with Gasteiger partial charge in [-0.1, -0.05) is 0 Å². The highest BCUT2D eigenvalue weighted by atomic mass is 19.3. The Hall–Kier alpha value is -0.260. The van der Waals surface area contributed by atoms with Gasteiger partial charge in [-0.15, -0.1) is 0 Å². The van der Waals surface area contributed by atoms with Crippen LogP contribution in [0.5, 0.6) is 0 Å². The number of fused-ring (bicyclic) bond motifs is 3. The van der Waals surface area contributed by atoms with Crippen LogP contribution < -0.4 is 5.73 Å². The monoisotopic (exact) mass is 246 g/mol. The Morgan fingerprint density at radius 1 is 1.18 bits per heavy atom. The maximum atomic E-state index is 13.4. The quantitative estimate of drug-likeness (QED) is 0.724. The Labute approximate surface area is 100.0 Å². The van der Waals surface area contributed by atoms with Crippen molar-refractivity contribution in [2.24, 2.45) is 11.7 Å². The molecular weight excluding hydrogens is 226 g/mol. The summed E-state index contributed by atoms with van der Waals surface area (Å²) in [7, 11) is 0. The third kappa shape index (κ3) is 1.63. The lowest BCUT2D eigenvalue weighted by Gasteiger charge is -2.56. The number of nitrogens with two attached hydrogens (primary N) is 1. The van der Waals surface area contributed by atoms with Crippen molar-refractivity contribution in [1.82, 2.24) is 4.90 Å². The first kappa shape index (κ1) is 11.8. The van der Waals surface area contributed by atoms with Gasteiger partial charge in [0.05, 0.1) is 11.1 Å². The van der Waals surface area contributed by atoms with Crippen molar-refractivity contribution in [2.45, 2.75) is 49.2 Å². The molecule has 4 aliphatic rings. The molecule has 0 aromatic rings. The van der Waals surface area contributed by atoms with Crippen molar-refractivity contribution in [3.63, 3.8) is 0 Å². The van der Waals surface area contributed by atoms with Gasteiger partial charge in [0.25, 0.3) is 0 Å². The second-order valence-corrected chi connectivity index (χ2v) is 6.16.